The maximum Gasteiger partial charge on any atom is 0.253 e. The van der Waals surface area contributed by atoms with Crippen LogP contribution >= 0.6 is 11.8 Å². The Labute approximate surface area is 199 Å². The Morgan fingerprint density at radius 2 is 1.55 bits per heavy atom. The summed E-state index contributed by atoms with van der Waals surface area (Å²) in [5.74, 6) is 0.972. The molecule has 0 bridgehead atoms. The summed E-state index contributed by atoms with van der Waals surface area (Å²) in [4.78, 5) is 35.2. The van der Waals surface area contributed by atoms with E-state index in [4.69, 9.17) is 0 Å². The van der Waals surface area contributed by atoms with E-state index in [1.807, 2.05) is 90.5 Å². The smallest absolute Gasteiger partial charge is 0.253 e. The molecule has 2 aromatic carbocycles. The van der Waals surface area contributed by atoms with Gasteiger partial charge in [-0.15, -0.1) is 11.8 Å². The largest absolute Gasteiger partial charge is 0.338 e. The third-order valence-corrected chi connectivity index (χ3v) is 7.20. The normalized spacial score (nSPS) is 14.2. The van der Waals surface area contributed by atoms with Gasteiger partial charge in [0.05, 0.1) is 5.41 Å². The number of nitrogens with zero attached hydrogens (tertiary/aromatic N) is 3. The number of hydrogen-bond donors (Lipinski definition) is 0. The van der Waals surface area contributed by atoms with Gasteiger partial charge in [0.15, 0.2) is 0 Å². The van der Waals surface area contributed by atoms with Gasteiger partial charge in [-0.3, -0.25) is 14.6 Å². The van der Waals surface area contributed by atoms with Gasteiger partial charge in [0.25, 0.3) is 5.91 Å². The second-order valence-electron chi connectivity index (χ2n) is 8.75. The van der Waals surface area contributed by atoms with E-state index in [1.54, 1.807) is 18.0 Å². The van der Waals surface area contributed by atoms with E-state index in [0.717, 1.165) is 16.2 Å². The Hall–Kier alpha value is -3.12. The van der Waals surface area contributed by atoms with Crippen LogP contribution in [0.4, 0.5) is 0 Å². The molecule has 4 rings (SSSR count). The van der Waals surface area contributed by atoms with Crippen LogP contribution in [0.15, 0.2) is 84.0 Å². The molecular weight excluding hydrogens is 430 g/mol. The molecule has 0 unspecified atom stereocenters. The van der Waals surface area contributed by atoms with Gasteiger partial charge in [-0.2, -0.15) is 0 Å². The predicted octanol–water partition coefficient (Wildman–Crippen LogP) is 4.64. The second kappa shape index (κ2) is 10.2. The lowest BCUT2D eigenvalue weighted by atomic mass is 9.83. The van der Waals surface area contributed by atoms with Gasteiger partial charge >= 0.3 is 0 Å². The third kappa shape index (κ3) is 5.45. The molecular formula is C27H29N3O2S. The van der Waals surface area contributed by atoms with E-state index in [-0.39, 0.29) is 11.8 Å². The van der Waals surface area contributed by atoms with Crippen LogP contribution in [-0.2, 0) is 16.0 Å². The summed E-state index contributed by atoms with van der Waals surface area (Å²) in [6.45, 7) is 6.14. The molecule has 0 atom stereocenters. The summed E-state index contributed by atoms with van der Waals surface area (Å²) in [7, 11) is 0. The summed E-state index contributed by atoms with van der Waals surface area (Å²) in [6, 6.07) is 21.7. The maximum atomic E-state index is 13.2. The van der Waals surface area contributed by atoms with Crippen molar-refractivity contribution in [1.29, 1.82) is 0 Å². The number of hydrogen-bond acceptors (Lipinski definition) is 4. The maximum absolute atomic E-state index is 13.2. The lowest BCUT2D eigenvalue weighted by Crippen LogP contribution is -2.54. The molecule has 1 aromatic heterocycles. The number of benzene rings is 2. The molecule has 1 fully saturated rings. The van der Waals surface area contributed by atoms with Crippen LogP contribution in [0.2, 0.25) is 0 Å². The Bertz CT molecular complexity index is 1080. The number of rotatable bonds is 6. The first-order valence-electron chi connectivity index (χ1n) is 11.2. The molecule has 33 heavy (non-hydrogen) atoms. The topological polar surface area (TPSA) is 53.5 Å². The lowest BCUT2D eigenvalue weighted by molar-refractivity contribution is -0.137. The fraction of sp³-hybridized carbons (Fsp3) is 0.296. The summed E-state index contributed by atoms with van der Waals surface area (Å²) < 4.78 is 0. The van der Waals surface area contributed by atoms with Gasteiger partial charge in [0.1, 0.15) is 0 Å². The van der Waals surface area contributed by atoms with Crippen molar-refractivity contribution in [1.82, 2.24) is 14.8 Å². The van der Waals surface area contributed by atoms with Crippen molar-refractivity contribution in [3.63, 3.8) is 0 Å². The van der Waals surface area contributed by atoms with Crippen LogP contribution in [-0.4, -0.2) is 52.8 Å². The highest BCUT2D eigenvalue weighted by molar-refractivity contribution is 7.98. The number of amides is 2. The Balaban J connectivity index is 1.31. The molecule has 0 radical (unpaired) electrons. The quantitative estimate of drug-likeness (QED) is 0.504. The minimum atomic E-state index is -0.587. The summed E-state index contributed by atoms with van der Waals surface area (Å²) in [5, 5.41) is 0. The average Bonchev–Trinajstić information content (AvgIpc) is 2.88. The molecule has 0 aliphatic carbocycles. The van der Waals surface area contributed by atoms with Gasteiger partial charge in [0, 0.05) is 54.8 Å². The molecule has 0 N–H and O–H groups in total. The zero-order valence-electron chi connectivity index (χ0n) is 19.1. The SMILES string of the molecule is CC(C)(C(=O)N1CCN(C(=O)c2ccc(SCc3cccnc3)cc2)CC1)c1ccccc1. The van der Waals surface area contributed by atoms with E-state index < -0.39 is 5.41 Å². The molecule has 2 amide bonds. The molecule has 0 saturated carbocycles. The molecule has 1 aliphatic rings. The summed E-state index contributed by atoms with van der Waals surface area (Å²) in [6.07, 6.45) is 3.64. The van der Waals surface area contributed by atoms with Crippen LogP contribution in [0.3, 0.4) is 0 Å². The van der Waals surface area contributed by atoms with Crippen LogP contribution < -0.4 is 0 Å². The molecule has 3 aromatic rings. The molecule has 2 heterocycles. The highest BCUT2D eigenvalue weighted by Crippen LogP contribution is 2.27. The van der Waals surface area contributed by atoms with Crippen molar-refractivity contribution in [2.45, 2.75) is 29.9 Å². The third-order valence-electron chi connectivity index (χ3n) is 6.11. The molecule has 1 saturated heterocycles. The van der Waals surface area contributed by atoms with Gasteiger partial charge < -0.3 is 9.80 Å². The van der Waals surface area contributed by atoms with Crippen LogP contribution in [0, 0.1) is 0 Å². The Kier molecular flexibility index (Phi) is 7.14. The number of pyridine rings is 1. The van der Waals surface area contributed by atoms with Crippen molar-refractivity contribution < 1.29 is 9.59 Å². The average molecular weight is 460 g/mol. The summed E-state index contributed by atoms with van der Waals surface area (Å²) in [5.41, 5.74) is 2.28. The lowest BCUT2D eigenvalue weighted by Gasteiger charge is -2.38. The fourth-order valence-corrected chi connectivity index (χ4v) is 4.85. The number of carbonyl (C=O) groups is 2. The minimum absolute atomic E-state index is 0.0215. The Morgan fingerprint density at radius 1 is 0.879 bits per heavy atom. The Morgan fingerprint density at radius 3 is 2.18 bits per heavy atom. The summed E-state index contributed by atoms with van der Waals surface area (Å²) >= 11 is 1.72. The number of piperazine rings is 1. The number of carbonyl (C=O) groups excluding carboxylic acids is 2. The standard InChI is InChI=1S/C27H29N3O2S/c1-27(2,23-8-4-3-5-9-23)26(32)30-17-15-29(16-18-30)25(31)22-10-12-24(13-11-22)33-20-21-7-6-14-28-19-21/h3-14,19H,15-18,20H2,1-2H3. The van der Waals surface area contributed by atoms with E-state index in [1.165, 1.54) is 5.56 Å². The highest BCUT2D eigenvalue weighted by Gasteiger charge is 2.35. The van der Waals surface area contributed by atoms with Crippen LogP contribution in [0.1, 0.15) is 35.3 Å². The van der Waals surface area contributed by atoms with Crippen molar-refractivity contribution in [2.24, 2.45) is 0 Å². The van der Waals surface area contributed by atoms with Crippen LogP contribution in [0.5, 0.6) is 0 Å². The molecule has 6 heteroatoms. The first-order chi connectivity index (χ1) is 15.9. The van der Waals surface area contributed by atoms with Crippen molar-refractivity contribution >= 4 is 23.6 Å². The van der Waals surface area contributed by atoms with E-state index in [2.05, 4.69) is 11.1 Å². The van der Waals surface area contributed by atoms with Crippen molar-refractivity contribution in [3.8, 4) is 0 Å². The van der Waals surface area contributed by atoms with Crippen LogP contribution in [0.25, 0.3) is 0 Å². The van der Waals surface area contributed by atoms with Gasteiger partial charge in [-0.1, -0.05) is 36.4 Å². The number of thioether (sulfide) groups is 1. The van der Waals surface area contributed by atoms with E-state index in [9.17, 15) is 9.59 Å². The monoisotopic (exact) mass is 459 g/mol. The molecule has 170 valence electrons. The van der Waals surface area contributed by atoms with E-state index >= 15 is 0 Å². The fourth-order valence-electron chi connectivity index (χ4n) is 4.01. The minimum Gasteiger partial charge on any atom is -0.338 e. The second-order valence-corrected chi connectivity index (χ2v) is 9.80. The highest BCUT2D eigenvalue weighted by atomic mass is 32.2. The van der Waals surface area contributed by atoms with Gasteiger partial charge in [0.2, 0.25) is 5.91 Å². The van der Waals surface area contributed by atoms with Gasteiger partial charge in [-0.05, 0) is 55.3 Å². The van der Waals surface area contributed by atoms with Crippen molar-refractivity contribution in [3.05, 3.63) is 95.8 Å². The van der Waals surface area contributed by atoms with Crippen molar-refractivity contribution in [2.75, 3.05) is 26.2 Å². The number of aromatic nitrogens is 1. The first-order valence-corrected chi connectivity index (χ1v) is 12.2. The van der Waals surface area contributed by atoms with Gasteiger partial charge in [-0.25, -0.2) is 0 Å². The van der Waals surface area contributed by atoms with E-state index in [0.29, 0.717) is 31.7 Å². The molecule has 5 nitrogen and oxygen atoms in total. The zero-order chi connectivity index (χ0) is 23.3. The zero-order valence-corrected chi connectivity index (χ0v) is 19.9. The first kappa shape index (κ1) is 23.1. The predicted molar refractivity (Wildman–Crippen MR) is 132 cm³/mol. The molecule has 0 spiro atoms. The molecule has 1 aliphatic heterocycles.